The first-order chi connectivity index (χ1) is 19.3. The molecule has 40 heavy (non-hydrogen) atoms. The van der Waals surface area contributed by atoms with Crippen LogP contribution in [0.15, 0.2) is 77.3 Å². The van der Waals surface area contributed by atoms with Crippen LogP contribution >= 0.6 is 15.9 Å². The number of esters is 1. The highest BCUT2D eigenvalue weighted by Gasteiger charge is 2.67. The summed E-state index contributed by atoms with van der Waals surface area (Å²) in [5.74, 6) is -1.57. The molecule has 0 bridgehead atoms. The molecule has 3 aromatic carbocycles. The van der Waals surface area contributed by atoms with Gasteiger partial charge in [-0.05, 0) is 58.2 Å². The van der Waals surface area contributed by atoms with E-state index in [0.717, 1.165) is 5.56 Å². The van der Waals surface area contributed by atoms with E-state index in [1.807, 2.05) is 35.2 Å². The van der Waals surface area contributed by atoms with E-state index in [1.165, 1.54) is 31.4 Å². The maximum atomic E-state index is 14.5. The molecule has 202 valence electrons. The van der Waals surface area contributed by atoms with E-state index in [-0.39, 0.29) is 18.1 Å². The van der Waals surface area contributed by atoms with Crippen LogP contribution in [0.2, 0.25) is 0 Å². The predicted molar refractivity (Wildman–Crippen MR) is 151 cm³/mol. The Kier molecular flexibility index (Phi) is 7.17. The van der Waals surface area contributed by atoms with Gasteiger partial charge in [-0.1, -0.05) is 42.5 Å². The van der Waals surface area contributed by atoms with Gasteiger partial charge in [0.05, 0.1) is 35.2 Å². The number of methoxy groups -OCH3 is 1. The summed E-state index contributed by atoms with van der Waals surface area (Å²) < 4.78 is 11.4. The number of nitrogens with zero attached hydrogens (tertiary/aromatic N) is 3. The number of hydrogen-bond donors (Lipinski definition) is 0. The molecule has 0 amide bonds. The normalized spacial score (nSPS) is 22.6. The van der Waals surface area contributed by atoms with Crippen molar-refractivity contribution in [2.24, 2.45) is 5.41 Å². The Morgan fingerprint density at radius 3 is 2.50 bits per heavy atom. The molecule has 10 heteroatoms. The van der Waals surface area contributed by atoms with Gasteiger partial charge < -0.3 is 14.4 Å². The van der Waals surface area contributed by atoms with Gasteiger partial charge in [-0.2, -0.15) is 5.26 Å². The average Bonchev–Trinajstić information content (AvgIpc) is 3.28. The zero-order valence-electron chi connectivity index (χ0n) is 21.6. The molecular weight excluding hydrogens is 578 g/mol. The van der Waals surface area contributed by atoms with Crippen molar-refractivity contribution in [3.05, 3.63) is 104 Å². The Hall–Kier alpha value is -4.49. The number of fused-ring (bicyclic) bond motifs is 3. The number of rotatable bonds is 7. The van der Waals surface area contributed by atoms with Crippen LogP contribution < -0.4 is 9.64 Å². The SMILES string of the molecule is CCOC(=O)[C@@]1(C#N)[C@@H](c2ccc([N+](=O)[O-])cc2)[C@@H](C(=O)c2ccc(OC)c(Br)c2)N2c3ccccc3C=C[C@@H]21. The zero-order valence-corrected chi connectivity index (χ0v) is 23.2. The monoisotopic (exact) mass is 601 g/mol. The number of benzene rings is 3. The number of nitro benzene ring substituents is 1. The molecule has 1 saturated heterocycles. The summed E-state index contributed by atoms with van der Waals surface area (Å²) in [7, 11) is 1.52. The molecule has 0 spiro atoms. The van der Waals surface area contributed by atoms with E-state index in [4.69, 9.17) is 9.47 Å². The van der Waals surface area contributed by atoms with E-state index in [9.17, 15) is 25.0 Å². The van der Waals surface area contributed by atoms with Gasteiger partial charge in [0.15, 0.2) is 11.2 Å². The number of carbonyl (C=O) groups is 2. The third-order valence-corrected chi connectivity index (χ3v) is 8.13. The smallest absolute Gasteiger partial charge is 0.329 e. The highest BCUT2D eigenvalue weighted by Crippen LogP contribution is 2.56. The minimum Gasteiger partial charge on any atom is -0.496 e. The van der Waals surface area contributed by atoms with Crippen molar-refractivity contribution in [2.75, 3.05) is 18.6 Å². The number of ether oxygens (including phenoxy) is 2. The van der Waals surface area contributed by atoms with Crippen LogP contribution in [-0.4, -0.2) is 42.5 Å². The van der Waals surface area contributed by atoms with Gasteiger partial charge in [-0.15, -0.1) is 0 Å². The molecular formula is C30H24BrN3O6. The Bertz CT molecular complexity index is 1580. The van der Waals surface area contributed by atoms with Crippen molar-refractivity contribution in [3.8, 4) is 11.8 Å². The third-order valence-electron chi connectivity index (χ3n) is 7.51. The lowest BCUT2D eigenvalue weighted by Gasteiger charge is -2.36. The largest absolute Gasteiger partial charge is 0.496 e. The van der Waals surface area contributed by atoms with Crippen LogP contribution in [0.1, 0.15) is 34.3 Å². The molecule has 0 unspecified atom stereocenters. The molecule has 0 radical (unpaired) electrons. The fraction of sp³-hybridized carbons (Fsp3) is 0.233. The van der Waals surface area contributed by atoms with Crippen molar-refractivity contribution in [1.82, 2.24) is 0 Å². The summed E-state index contributed by atoms with van der Waals surface area (Å²) >= 11 is 3.45. The number of non-ortho nitro benzene ring substituents is 1. The number of carbonyl (C=O) groups excluding carboxylic acids is 2. The van der Waals surface area contributed by atoms with Crippen molar-refractivity contribution in [2.45, 2.75) is 24.9 Å². The summed E-state index contributed by atoms with van der Waals surface area (Å²) in [5, 5.41) is 22.2. The second-order valence-corrected chi connectivity index (χ2v) is 10.3. The highest BCUT2D eigenvalue weighted by atomic mass is 79.9. The van der Waals surface area contributed by atoms with Gasteiger partial charge in [-0.25, -0.2) is 0 Å². The lowest BCUT2D eigenvalue weighted by atomic mass is 9.68. The van der Waals surface area contributed by atoms with E-state index < -0.39 is 34.3 Å². The lowest BCUT2D eigenvalue weighted by Crippen LogP contribution is -2.47. The van der Waals surface area contributed by atoms with Crippen molar-refractivity contribution in [3.63, 3.8) is 0 Å². The summed E-state index contributed by atoms with van der Waals surface area (Å²) in [5.41, 5.74) is 0.312. The number of ketones is 1. The van der Waals surface area contributed by atoms with Crippen molar-refractivity contribution < 1.29 is 24.0 Å². The summed E-state index contributed by atoms with van der Waals surface area (Å²) in [4.78, 5) is 41.0. The number of nitro groups is 1. The van der Waals surface area contributed by atoms with Gasteiger partial charge in [0.1, 0.15) is 11.8 Å². The fourth-order valence-electron chi connectivity index (χ4n) is 5.78. The van der Waals surface area contributed by atoms with Gasteiger partial charge in [0, 0.05) is 29.3 Å². The fourth-order valence-corrected chi connectivity index (χ4v) is 6.33. The zero-order chi connectivity index (χ0) is 28.6. The van der Waals surface area contributed by atoms with E-state index in [0.29, 0.717) is 27.0 Å². The summed E-state index contributed by atoms with van der Waals surface area (Å²) in [6, 6.07) is 18.4. The van der Waals surface area contributed by atoms with Crippen LogP contribution in [0.25, 0.3) is 6.08 Å². The third kappa shape index (κ3) is 4.14. The maximum Gasteiger partial charge on any atom is 0.329 e. The van der Waals surface area contributed by atoms with Gasteiger partial charge in [-0.3, -0.25) is 19.7 Å². The quantitative estimate of drug-likeness (QED) is 0.146. The van der Waals surface area contributed by atoms with Crippen LogP contribution in [0.4, 0.5) is 11.4 Å². The van der Waals surface area contributed by atoms with Gasteiger partial charge >= 0.3 is 5.97 Å². The summed E-state index contributed by atoms with van der Waals surface area (Å²) in [6.45, 7) is 1.69. The van der Waals surface area contributed by atoms with E-state index in [1.54, 1.807) is 31.2 Å². The number of nitriles is 1. The second-order valence-electron chi connectivity index (χ2n) is 9.46. The molecule has 1 fully saturated rings. The number of halogens is 1. The van der Waals surface area contributed by atoms with Crippen LogP contribution in [0.3, 0.4) is 0 Å². The van der Waals surface area contributed by atoms with Gasteiger partial charge in [0.25, 0.3) is 5.69 Å². The minimum atomic E-state index is -1.83. The first-order valence-corrected chi connectivity index (χ1v) is 13.3. The molecule has 2 aliphatic heterocycles. The van der Waals surface area contributed by atoms with E-state index >= 15 is 0 Å². The minimum absolute atomic E-state index is 0.0340. The summed E-state index contributed by atoms with van der Waals surface area (Å²) in [6.07, 6.45) is 3.60. The molecule has 5 rings (SSSR count). The predicted octanol–water partition coefficient (Wildman–Crippen LogP) is 5.69. The Morgan fingerprint density at radius 1 is 1.15 bits per heavy atom. The first-order valence-electron chi connectivity index (χ1n) is 12.5. The second kappa shape index (κ2) is 10.6. The number of para-hydroxylation sites is 1. The molecule has 0 aromatic heterocycles. The Morgan fingerprint density at radius 2 is 1.88 bits per heavy atom. The topological polar surface area (TPSA) is 123 Å². The van der Waals surface area contributed by atoms with Crippen LogP contribution in [0.5, 0.6) is 5.75 Å². The molecule has 2 aliphatic rings. The molecule has 0 aliphatic carbocycles. The van der Waals surface area contributed by atoms with Crippen LogP contribution in [0, 0.1) is 26.9 Å². The standard InChI is InChI=1S/C30H24BrN3O6/c1-3-40-29(36)30(17-32)25-15-11-18-6-4-5-7-23(18)33(25)27(26(30)19-8-12-21(13-9-19)34(37)38)28(35)20-10-14-24(39-2)22(31)16-20/h4-16,25-27H,3H2,1-2H3/t25-,26+,27+,30-/m1/s1. The van der Waals surface area contributed by atoms with E-state index in [2.05, 4.69) is 22.0 Å². The number of hydrogen-bond acceptors (Lipinski definition) is 8. The molecule has 4 atom stereocenters. The molecule has 0 saturated carbocycles. The number of anilines is 1. The molecule has 3 aromatic rings. The molecule has 2 heterocycles. The molecule has 9 nitrogen and oxygen atoms in total. The lowest BCUT2D eigenvalue weighted by molar-refractivity contribution is -0.384. The Labute approximate surface area is 238 Å². The van der Waals surface area contributed by atoms with Crippen LogP contribution in [-0.2, 0) is 9.53 Å². The average molecular weight is 602 g/mol. The Balaban J connectivity index is 1.79. The molecule has 0 N–H and O–H groups in total. The maximum absolute atomic E-state index is 14.5. The number of Topliss-reactive ketones (excluding diaryl/α,β-unsaturated/α-hetero) is 1. The highest BCUT2D eigenvalue weighted by molar-refractivity contribution is 9.10. The van der Waals surface area contributed by atoms with Gasteiger partial charge in [0.2, 0.25) is 0 Å². The van der Waals surface area contributed by atoms with Crippen molar-refractivity contribution in [1.29, 1.82) is 5.26 Å². The van der Waals surface area contributed by atoms with Crippen molar-refractivity contribution >= 4 is 45.1 Å². The first kappa shape index (κ1) is 27.1.